The van der Waals surface area contributed by atoms with Gasteiger partial charge < -0.3 is 10.8 Å². The molecular weight excluding hydrogens is 174 g/mol. The van der Waals surface area contributed by atoms with Gasteiger partial charge in [-0.05, 0) is 13.3 Å². The van der Waals surface area contributed by atoms with Crippen LogP contribution in [0, 0.1) is 0 Å². The highest BCUT2D eigenvalue weighted by molar-refractivity contribution is 8.00. The van der Waals surface area contributed by atoms with E-state index in [0.29, 0.717) is 0 Å². The maximum atomic E-state index is 10.6. The molecule has 72 valence electrons. The SMILES string of the molecule is CCCC(SCC(C)N)C(=O)O. The first-order valence-electron chi connectivity index (χ1n) is 4.18. The zero-order chi connectivity index (χ0) is 9.56. The Morgan fingerprint density at radius 2 is 2.25 bits per heavy atom. The number of carboxylic acids is 1. The van der Waals surface area contributed by atoms with Crippen molar-refractivity contribution in [3.05, 3.63) is 0 Å². The minimum atomic E-state index is -0.720. The second-order valence-corrected chi connectivity index (χ2v) is 4.16. The molecule has 2 atom stereocenters. The summed E-state index contributed by atoms with van der Waals surface area (Å²) in [6.45, 7) is 3.88. The summed E-state index contributed by atoms with van der Waals surface area (Å²) < 4.78 is 0. The fourth-order valence-electron chi connectivity index (χ4n) is 0.808. The lowest BCUT2D eigenvalue weighted by molar-refractivity contribution is -0.136. The van der Waals surface area contributed by atoms with Crippen LogP contribution in [0.15, 0.2) is 0 Å². The van der Waals surface area contributed by atoms with E-state index in [1.807, 2.05) is 13.8 Å². The molecule has 3 N–H and O–H groups in total. The molecule has 3 nitrogen and oxygen atoms in total. The van der Waals surface area contributed by atoms with Crippen molar-refractivity contribution in [1.29, 1.82) is 0 Å². The van der Waals surface area contributed by atoms with E-state index in [9.17, 15) is 4.79 Å². The Morgan fingerprint density at radius 3 is 2.58 bits per heavy atom. The fraction of sp³-hybridized carbons (Fsp3) is 0.875. The summed E-state index contributed by atoms with van der Waals surface area (Å²) in [5.41, 5.74) is 5.52. The molecule has 12 heavy (non-hydrogen) atoms. The van der Waals surface area contributed by atoms with E-state index in [1.54, 1.807) is 0 Å². The number of nitrogens with two attached hydrogens (primary N) is 1. The first kappa shape index (κ1) is 11.8. The van der Waals surface area contributed by atoms with Crippen LogP contribution in [0.1, 0.15) is 26.7 Å². The number of thioether (sulfide) groups is 1. The zero-order valence-corrected chi connectivity index (χ0v) is 8.43. The highest BCUT2D eigenvalue weighted by atomic mass is 32.2. The molecular formula is C8H17NO2S. The third-order valence-electron chi connectivity index (χ3n) is 1.39. The molecule has 0 aliphatic carbocycles. The molecule has 0 radical (unpaired) electrons. The summed E-state index contributed by atoms with van der Waals surface area (Å²) >= 11 is 1.44. The molecule has 0 fully saturated rings. The topological polar surface area (TPSA) is 63.3 Å². The van der Waals surface area contributed by atoms with Crippen molar-refractivity contribution in [3.63, 3.8) is 0 Å². The Labute approximate surface area is 77.7 Å². The molecule has 0 aromatic heterocycles. The first-order chi connectivity index (χ1) is 5.57. The lowest BCUT2D eigenvalue weighted by Gasteiger charge is -2.11. The van der Waals surface area contributed by atoms with Gasteiger partial charge in [-0.1, -0.05) is 13.3 Å². The Morgan fingerprint density at radius 1 is 1.67 bits per heavy atom. The summed E-state index contributed by atoms with van der Waals surface area (Å²) in [6, 6.07) is 0.0775. The van der Waals surface area contributed by atoms with Gasteiger partial charge in [-0.15, -0.1) is 11.8 Å². The smallest absolute Gasteiger partial charge is 0.316 e. The van der Waals surface area contributed by atoms with E-state index in [1.165, 1.54) is 11.8 Å². The summed E-state index contributed by atoms with van der Waals surface area (Å²) in [4.78, 5) is 10.6. The minimum Gasteiger partial charge on any atom is -0.480 e. The minimum absolute atomic E-state index is 0.0775. The molecule has 4 heteroatoms. The average Bonchev–Trinajstić information content (AvgIpc) is 1.96. The third kappa shape index (κ3) is 5.43. The second-order valence-electron chi connectivity index (χ2n) is 2.93. The molecule has 0 amide bonds. The lowest BCUT2D eigenvalue weighted by atomic mass is 10.2. The monoisotopic (exact) mass is 191 g/mol. The van der Waals surface area contributed by atoms with Crippen LogP contribution >= 0.6 is 11.8 Å². The Hall–Kier alpha value is -0.220. The van der Waals surface area contributed by atoms with Gasteiger partial charge in [0.2, 0.25) is 0 Å². The molecule has 0 aliphatic rings. The van der Waals surface area contributed by atoms with Crippen LogP contribution in [-0.4, -0.2) is 28.1 Å². The van der Waals surface area contributed by atoms with E-state index in [4.69, 9.17) is 10.8 Å². The van der Waals surface area contributed by atoms with Crippen LogP contribution in [-0.2, 0) is 4.79 Å². The van der Waals surface area contributed by atoms with Crippen LogP contribution in [0.25, 0.3) is 0 Å². The molecule has 0 saturated carbocycles. The van der Waals surface area contributed by atoms with Crippen molar-refractivity contribution >= 4 is 17.7 Å². The maximum Gasteiger partial charge on any atom is 0.316 e. The summed E-state index contributed by atoms with van der Waals surface area (Å²) in [5, 5.41) is 8.48. The van der Waals surface area contributed by atoms with Gasteiger partial charge >= 0.3 is 5.97 Å². The van der Waals surface area contributed by atoms with Gasteiger partial charge in [0.25, 0.3) is 0 Å². The Balaban J connectivity index is 3.71. The zero-order valence-electron chi connectivity index (χ0n) is 7.62. The van der Waals surface area contributed by atoms with Crippen LogP contribution in [0.5, 0.6) is 0 Å². The van der Waals surface area contributed by atoms with E-state index < -0.39 is 5.97 Å². The third-order valence-corrected chi connectivity index (χ3v) is 2.94. The molecule has 0 spiro atoms. The molecule has 0 heterocycles. The molecule has 0 saturated heterocycles. The van der Waals surface area contributed by atoms with Crippen LogP contribution in [0.4, 0.5) is 0 Å². The van der Waals surface area contributed by atoms with Gasteiger partial charge in [0.15, 0.2) is 0 Å². The number of carbonyl (C=O) groups is 1. The summed E-state index contributed by atoms with van der Waals surface area (Å²) in [7, 11) is 0. The van der Waals surface area contributed by atoms with Gasteiger partial charge in [-0.3, -0.25) is 4.79 Å². The number of hydrogen-bond donors (Lipinski definition) is 2. The van der Waals surface area contributed by atoms with E-state index in [-0.39, 0.29) is 11.3 Å². The van der Waals surface area contributed by atoms with Crippen molar-refractivity contribution in [2.45, 2.75) is 38.0 Å². The molecule has 2 unspecified atom stereocenters. The summed E-state index contributed by atoms with van der Waals surface area (Å²) in [5.74, 6) is -0.000694. The fourth-order valence-corrected chi connectivity index (χ4v) is 1.89. The summed E-state index contributed by atoms with van der Waals surface area (Å²) in [6.07, 6.45) is 1.63. The van der Waals surface area contributed by atoms with Crippen molar-refractivity contribution in [2.75, 3.05) is 5.75 Å². The van der Waals surface area contributed by atoms with Crippen LogP contribution in [0.2, 0.25) is 0 Å². The Kier molecular flexibility index (Phi) is 6.20. The molecule has 0 bridgehead atoms. The first-order valence-corrected chi connectivity index (χ1v) is 5.22. The maximum absolute atomic E-state index is 10.6. The van der Waals surface area contributed by atoms with Crippen molar-refractivity contribution in [1.82, 2.24) is 0 Å². The predicted octanol–water partition coefficient (Wildman–Crippen LogP) is 1.32. The van der Waals surface area contributed by atoms with Gasteiger partial charge in [-0.2, -0.15) is 0 Å². The number of aliphatic carboxylic acids is 1. The Bertz CT molecular complexity index is 139. The predicted molar refractivity (Wildman–Crippen MR) is 52.4 cm³/mol. The van der Waals surface area contributed by atoms with Gasteiger partial charge in [0.1, 0.15) is 5.25 Å². The normalized spacial score (nSPS) is 15.6. The molecule has 0 aromatic carbocycles. The van der Waals surface area contributed by atoms with Crippen molar-refractivity contribution in [3.8, 4) is 0 Å². The van der Waals surface area contributed by atoms with E-state index in [2.05, 4.69) is 0 Å². The number of hydrogen-bond acceptors (Lipinski definition) is 3. The highest BCUT2D eigenvalue weighted by Crippen LogP contribution is 2.16. The molecule has 0 rings (SSSR count). The lowest BCUT2D eigenvalue weighted by Crippen LogP contribution is -2.23. The van der Waals surface area contributed by atoms with Gasteiger partial charge in [-0.25, -0.2) is 0 Å². The van der Waals surface area contributed by atoms with Crippen LogP contribution < -0.4 is 5.73 Å². The van der Waals surface area contributed by atoms with Crippen LogP contribution in [0.3, 0.4) is 0 Å². The highest BCUT2D eigenvalue weighted by Gasteiger charge is 2.16. The molecule has 0 aliphatic heterocycles. The van der Waals surface area contributed by atoms with Gasteiger partial charge in [0, 0.05) is 11.8 Å². The van der Waals surface area contributed by atoms with Crippen molar-refractivity contribution in [2.24, 2.45) is 5.73 Å². The van der Waals surface area contributed by atoms with E-state index >= 15 is 0 Å². The second kappa shape index (κ2) is 6.31. The number of carboxylic acid groups (broad SMARTS) is 1. The molecule has 0 aromatic rings. The average molecular weight is 191 g/mol. The largest absolute Gasteiger partial charge is 0.480 e. The number of rotatable bonds is 6. The van der Waals surface area contributed by atoms with Crippen molar-refractivity contribution < 1.29 is 9.90 Å². The van der Waals surface area contributed by atoms with Gasteiger partial charge in [0.05, 0.1) is 0 Å². The standard InChI is InChI=1S/C8H17NO2S/c1-3-4-7(8(10)11)12-5-6(2)9/h6-7H,3-5,9H2,1-2H3,(H,10,11). The quantitative estimate of drug-likeness (QED) is 0.664. The van der Waals surface area contributed by atoms with E-state index in [0.717, 1.165) is 18.6 Å².